The van der Waals surface area contributed by atoms with E-state index in [0.29, 0.717) is 22.2 Å². The number of thioether (sulfide) groups is 1. The predicted octanol–water partition coefficient (Wildman–Crippen LogP) is 2.25. The molecule has 2 rings (SSSR count). The van der Waals surface area contributed by atoms with Crippen LogP contribution in [-0.4, -0.2) is 32.3 Å². The summed E-state index contributed by atoms with van der Waals surface area (Å²) in [5.41, 5.74) is 0.532. The van der Waals surface area contributed by atoms with E-state index in [1.807, 2.05) is 6.92 Å². The van der Waals surface area contributed by atoms with E-state index in [9.17, 15) is 9.59 Å². The monoisotopic (exact) mass is 354 g/mol. The topological polar surface area (TPSA) is 76.4 Å². The molecular weight excluding hydrogens is 332 g/mol. The lowest BCUT2D eigenvalue weighted by molar-refractivity contribution is -0.119. The summed E-state index contributed by atoms with van der Waals surface area (Å²) in [7, 11) is 0. The molecular formula is C15H22N4O2S2. The quantitative estimate of drug-likeness (QED) is 0.787. The van der Waals surface area contributed by atoms with Crippen molar-refractivity contribution in [2.24, 2.45) is 0 Å². The third kappa shape index (κ3) is 4.78. The Balaban J connectivity index is 1.94. The molecule has 0 saturated heterocycles. The Labute approximate surface area is 143 Å². The van der Waals surface area contributed by atoms with Crippen LogP contribution >= 0.6 is 23.1 Å². The average molecular weight is 355 g/mol. The van der Waals surface area contributed by atoms with Crippen LogP contribution in [0.3, 0.4) is 0 Å². The van der Waals surface area contributed by atoms with E-state index in [2.05, 4.69) is 29.2 Å². The van der Waals surface area contributed by atoms with Crippen molar-refractivity contribution in [2.45, 2.75) is 51.8 Å². The van der Waals surface area contributed by atoms with Gasteiger partial charge in [0.25, 0.3) is 5.56 Å². The fraction of sp³-hybridized carbons (Fsp3) is 0.600. The van der Waals surface area contributed by atoms with Crippen LogP contribution in [0, 0.1) is 0 Å². The molecule has 0 aliphatic carbocycles. The van der Waals surface area contributed by atoms with Crippen molar-refractivity contribution in [3.63, 3.8) is 0 Å². The Hall–Kier alpha value is -1.41. The molecule has 2 heterocycles. The lowest BCUT2D eigenvalue weighted by Crippen LogP contribution is -2.35. The number of carbonyl (C=O) groups excluding carboxylic acids is 1. The first-order valence-electron chi connectivity index (χ1n) is 7.83. The molecule has 8 heteroatoms. The minimum atomic E-state index is -0.164. The summed E-state index contributed by atoms with van der Waals surface area (Å²) in [5, 5.41) is 8.11. The highest BCUT2D eigenvalue weighted by Gasteiger charge is 2.10. The van der Waals surface area contributed by atoms with Gasteiger partial charge in [-0.15, -0.1) is 11.8 Å². The van der Waals surface area contributed by atoms with Gasteiger partial charge in [0.05, 0.1) is 11.4 Å². The van der Waals surface area contributed by atoms with E-state index in [1.165, 1.54) is 33.7 Å². The smallest absolute Gasteiger partial charge is 0.275 e. The molecule has 0 atom stereocenters. The van der Waals surface area contributed by atoms with Crippen LogP contribution in [0.2, 0.25) is 0 Å². The van der Waals surface area contributed by atoms with Gasteiger partial charge in [-0.05, 0) is 19.3 Å². The molecule has 0 aromatic carbocycles. The molecule has 2 aromatic heterocycles. The molecule has 0 aliphatic heterocycles. The summed E-state index contributed by atoms with van der Waals surface area (Å²) in [4.78, 5) is 29.0. The van der Waals surface area contributed by atoms with Gasteiger partial charge >= 0.3 is 0 Å². The molecule has 0 fully saturated rings. The van der Waals surface area contributed by atoms with Gasteiger partial charge in [-0.3, -0.25) is 9.59 Å². The minimum Gasteiger partial charge on any atom is -0.353 e. The zero-order valence-electron chi connectivity index (χ0n) is 13.7. The molecule has 6 nitrogen and oxygen atoms in total. The van der Waals surface area contributed by atoms with Gasteiger partial charge in [0.2, 0.25) is 10.9 Å². The van der Waals surface area contributed by atoms with E-state index < -0.39 is 0 Å². The fourth-order valence-corrected chi connectivity index (χ4v) is 3.71. The van der Waals surface area contributed by atoms with Crippen molar-refractivity contribution in [1.82, 2.24) is 19.9 Å². The average Bonchev–Trinajstić information content (AvgIpc) is 2.96. The molecule has 1 N–H and O–H groups in total. The van der Waals surface area contributed by atoms with Gasteiger partial charge in [0.15, 0.2) is 0 Å². The molecule has 0 saturated carbocycles. The van der Waals surface area contributed by atoms with Crippen LogP contribution in [0.1, 0.15) is 44.3 Å². The van der Waals surface area contributed by atoms with Gasteiger partial charge in [0.1, 0.15) is 5.01 Å². The Kier molecular flexibility index (Phi) is 6.59. The van der Waals surface area contributed by atoms with Crippen LogP contribution in [0.5, 0.6) is 0 Å². The Morgan fingerprint density at radius 1 is 1.39 bits per heavy atom. The zero-order chi connectivity index (χ0) is 16.8. The number of amides is 1. The van der Waals surface area contributed by atoms with Gasteiger partial charge in [-0.2, -0.15) is 9.61 Å². The number of rotatable bonds is 8. The third-order valence-electron chi connectivity index (χ3n) is 3.48. The second kappa shape index (κ2) is 8.44. The third-order valence-corrected chi connectivity index (χ3v) is 5.50. The van der Waals surface area contributed by atoms with Crippen molar-refractivity contribution in [3.05, 3.63) is 27.1 Å². The number of aromatic nitrogens is 3. The summed E-state index contributed by atoms with van der Waals surface area (Å²) in [6.07, 6.45) is 2.66. The van der Waals surface area contributed by atoms with E-state index in [4.69, 9.17) is 0 Å². The van der Waals surface area contributed by atoms with Crippen LogP contribution < -0.4 is 10.9 Å². The van der Waals surface area contributed by atoms with Crippen molar-refractivity contribution < 1.29 is 4.79 Å². The van der Waals surface area contributed by atoms with Gasteiger partial charge in [-0.25, -0.2) is 4.98 Å². The molecule has 126 valence electrons. The number of nitrogens with one attached hydrogen (secondary N) is 1. The number of hydrogen-bond acceptors (Lipinski definition) is 6. The number of nitrogens with zero attached hydrogens (tertiary/aromatic N) is 3. The molecule has 2 aromatic rings. The second-order valence-corrected chi connectivity index (χ2v) is 7.23. The van der Waals surface area contributed by atoms with Crippen molar-refractivity contribution in [2.75, 3.05) is 5.75 Å². The lowest BCUT2D eigenvalue weighted by atomic mass is 10.2. The SMILES string of the molecule is CCc1nn2c(=O)cc(CSCC(=O)NC(CC)CC)nc2s1. The van der Waals surface area contributed by atoms with Gasteiger partial charge < -0.3 is 5.32 Å². The maximum atomic E-state index is 12.0. The summed E-state index contributed by atoms with van der Waals surface area (Å²) in [6.45, 7) is 6.12. The first kappa shape index (κ1) is 17.9. The van der Waals surface area contributed by atoms with Gasteiger partial charge in [-0.1, -0.05) is 32.1 Å². The standard InChI is InChI=1S/C15H22N4O2S2/c1-4-10(5-2)16-12(20)9-22-8-11-7-14(21)19-15(17-11)23-13(6-3)18-19/h7,10H,4-6,8-9H2,1-3H3,(H,16,20). The highest BCUT2D eigenvalue weighted by molar-refractivity contribution is 7.99. The van der Waals surface area contributed by atoms with Crippen molar-refractivity contribution in [1.29, 1.82) is 0 Å². The van der Waals surface area contributed by atoms with Crippen molar-refractivity contribution >= 4 is 34.0 Å². The molecule has 0 bridgehead atoms. The Morgan fingerprint density at radius 3 is 2.78 bits per heavy atom. The molecule has 0 radical (unpaired) electrons. The van der Waals surface area contributed by atoms with Crippen LogP contribution in [-0.2, 0) is 17.0 Å². The largest absolute Gasteiger partial charge is 0.353 e. The number of fused-ring (bicyclic) bond motifs is 1. The number of aryl methyl sites for hydroxylation is 1. The maximum absolute atomic E-state index is 12.0. The zero-order valence-corrected chi connectivity index (χ0v) is 15.3. The highest BCUT2D eigenvalue weighted by Crippen LogP contribution is 2.14. The normalized spacial score (nSPS) is 11.3. The maximum Gasteiger partial charge on any atom is 0.275 e. The van der Waals surface area contributed by atoms with E-state index >= 15 is 0 Å². The predicted molar refractivity (Wildman–Crippen MR) is 95.2 cm³/mol. The first-order chi connectivity index (χ1) is 11.1. The number of carbonyl (C=O) groups is 1. The summed E-state index contributed by atoms with van der Waals surface area (Å²) in [6, 6.07) is 1.74. The molecule has 0 unspecified atom stereocenters. The summed E-state index contributed by atoms with van der Waals surface area (Å²) >= 11 is 2.90. The van der Waals surface area contributed by atoms with E-state index in [-0.39, 0.29) is 17.5 Å². The highest BCUT2D eigenvalue weighted by atomic mass is 32.2. The fourth-order valence-electron chi connectivity index (χ4n) is 2.12. The minimum absolute atomic E-state index is 0.0348. The van der Waals surface area contributed by atoms with Crippen LogP contribution in [0.25, 0.3) is 4.96 Å². The molecule has 0 spiro atoms. The summed E-state index contributed by atoms with van der Waals surface area (Å²) in [5.74, 6) is 0.953. The Morgan fingerprint density at radius 2 is 2.13 bits per heavy atom. The van der Waals surface area contributed by atoms with Crippen LogP contribution in [0.4, 0.5) is 0 Å². The molecule has 1 amide bonds. The molecule has 23 heavy (non-hydrogen) atoms. The van der Waals surface area contributed by atoms with Crippen molar-refractivity contribution in [3.8, 4) is 0 Å². The van der Waals surface area contributed by atoms with E-state index in [1.54, 1.807) is 0 Å². The lowest BCUT2D eigenvalue weighted by Gasteiger charge is -2.14. The van der Waals surface area contributed by atoms with Crippen LogP contribution in [0.15, 0.2) is 10.9 Å². The van der Waals surface area contributed by atoms with E-state index in [0.717, 1.165) is 24.3 Å². The second-order valence-electron chi connectivity index (χ2n) is 5.20. The van der Waals surface area contributed by atoms with Gasteiger partial charge in [0, 0.05) is 17.9 Å². The Bertz CT molecular complexity index is 722. The summed E-state index contributed by atoms with van der Waals surface area (Å²) < 4.78 is 1.34. The molecule has 0 aliphatic rings. The number of hydrogen-bond donors (Lipinski definition) is 1. The first-order valence-corrected chi connectivity index (χ1v) is 9.80.